The van der Waals surface area contributed by atoms with Gasteiger partial charge in [0.1, 0.15) is 0 Å². The Labute approximate surface area is 104 Å². The van der Waals surface area contributed by atoms with Crippen molar-refractivity contribution in [3.63, 3.8) is 0 Å². The lowest BCUT2D eigenvalue weighted by Crippen LogP contribution is -2.29. The van der Waals surface area contributed by atoms with Crippen molar-refractivity contribution in [2.45, 2.75) is 46.2 Å². The van der Waals surface area contributed by atoms with E-state index < -0.39 is 5.97 Å². The fraction of sp³-hybridized carbons (Fsp3) is 0.500. The first-order chi connectivity index (χ1) is 7.91. The summed E-state index contributed by atoms with van der Waals surface area (Å²) in [5, 5.41) is 11.7. The van der Waals surface area contributed by atoms with E-state index in [-0.39, 0.29) is 6.42 Å². The number of nitrogens with one attached hydrogen (secondary N) is 1. The summed E-state index contributed by atoms with van der Waals surface area (Å²) in [6, 6.07) is 10.4. The molecule has 0 unspecified atom stereocenters. The first-order valence-electron chi connectivity index (χ1n) is 5.93. The zero-order valence-electron chi connectivity index (χ0n) is 11.1. The van der Waals surface area contributed by atoms with Crippen LogP contribution in [-0.4, -0.2) is 23.2 Å². The van der Waals surface area contributed by atoms with Crippen LogP contribution in [0.25, 0.3) is 0 Å². The first-order valence-corrected chi connectivity index (χ1v) is 5.93. The Kier molecular flexibility index (Phi) is 8.07. The Bertz CT molecular complexity index is 301. The summed E-state index contributed by atoms with van der Waals surface area (Å²) >= 11 is 0. The minimum Gasteiger partial charge on any atom is -0.481 e. The molecule has 1 aromatic carbocycles. The number of carbonyl (C=O) groups is 1. The Hall–Kier alpha value is -1.35. The summed E-state index contributed by atoms with van der Waals surface area (Å²) in [6.07, 6.45) is 0.112. The number of benzene rings is 1. The van der Waals surface area contributed by atoms with E-state index in [0.717, 1.165) is 5.56 Å². The molecule has 0 saturated heterocycles. The predicted molar refractivity (Wildman–Crippen MR) is 71.2 cm³/mol. The van der Waals surface area contributed by atoms with E-state index in [0.29, 0.717) is 12.1 Å². The van der Waals surface area contributed by atoms with E-state index in [4.69, 9.17) is 5.11 Å². The molecule has 96 valence electrons. The molecule has 3 heteroatoms. The number of hydrogen-bond donors (Lipinski definition) is 2. The van der Waals surface area contributed by atoms with Gasteiger partial charge in [-0.25, -0.2) is 0 Å². The average Bonchev–Trinajstić information content (AvgIpc) is 2.16. The number of aliphatic carboxylic acids is 1. The van der Waals surface area contributed by atoms with Crippen LogP contribution in [0, 0.1) is 0 Å². The summed E-state index contributed by atoms with van der Waals surface area (Å²) in [5.41, 5.74) is 0.843. The normalized spacial score (nSPS) is 10.0. The van der Waals surface area contributed by atoms with Gasteiger partial charge in [0, 0.05) is 12.1 Å². The van der Waals surface area contributed by atoms with Gasteiger partial charge in [-0.15, -0.1) is 0 Å². The Balaban J connectivity index is 0.000000325. The van der Waals surface area contributed by atoms with Crippen molar-refractivity contribution < 1.29 is 9.90 Å². The van der Waals surface area contributed by atoms with Crippen LogP contribution in [0.2, 0.25) is 0 Å². The molecule has 0 spiro atoms. The van der Waals surface area contributed by atoms with Gasteiger partial charge < -0.3 is 10.4 Å². The second-order valence-corrected chi connectivity index (χ2v) is 4.53. The van der Waals surface area contributed by atoms with Gasteiger partial charge in [-0.05, 0) is 5.56 Å². The van der Waals surface area contributed by atoms with E-state index in [1.54, 1.807) is 12.1 Å². The van der Waals surface area contributed by atoms with E-state index in [1.165, 1.54) is 0 Å². The molecule has 0 atom stereocenters. The molecule has 0 fully saturated rings. The molecule has 1 rings (SSSR count). The largest absolute Gasteiger partial charge is 0.481 e. The zero-order chi connectivity index (χ0) is 13.3. The summed E-state index contributed by atoms with van der Waals surface area (Å²) < 4.78 is 0. The monoisotopic (exact) mass is 237 g/mol. The molecule has 0 aliphatic carbocycles. The number of carboxylic acids is 1. The maximum atomic E-state index is 10.2. The fourth-order valence-corrected chi connectivity index (χ4v) is 1.44. The third-order valence-electron chi connectivity index (χ3n) is 1.86. The van der Waals surface area contributed by atoms with Crippen LogP contribution >= 0.6 is 0 Å². The van der Waals surface area contributed by atoms with E-state index >= 15 is 0 Å². The fourth-order valence-electron chi connectivity index (χ4n) is 1.44. The summed E-state index contributed by atoms with van der Waals surface area (Å²) in [5.74, 6) is -0.786. The number of rotatable bonds is 4. The van der Waals surface area contributed by atoms with E-state index in [1.807, 2.05) is 18.2 Å². The standard InChI is InChI=1S/C8H8O2.C6H15N/c9-8(10)6-7-4-2-1-3-5-7;1-5(2)7-6(3)4/h1-5H,6H2,(H,9,10);5-7H,1-4H3. The van der Waals surface area contributed by atoms with Gasteiger partial charge in [0.05, 0.1) is 6.42 Å². The van der Waals surface area contributed by atoms with Crippen LogP contribution in [0.5, 0.6) is 0 Å². The van der Waals surface area contributed by atoms with Crippen molar-refractivity contribution in [2.75, 3.05) is 0 Å². The molecule has 0 amide bonds. The molecule has 0 radical (unpaired) electrons. The molecular weight excluding hydrogens is 214 g/mol. The summed E-state index contributed by atoms with van der Waals surface area (Å²) in [7, 11) is 0. The molecule has 0 aliphatic heterocycles. The van der Waals surface area contributed by atoms with Crippen LogP contribution in [0.1, 0.15) is 33.3 Å². The first kappa shape index (κ1) is 15.7. The number of hydrogen-bond acceptors (Lipinski definition) is 2. The highest BCUT2D eigenvalue weighted by Crippen LogP contribution is 1.98. The van der Waals surface area contributed by atoms with Gasteiger partial charge >= 0.3 is 5.97 Å². The molecular formula is C14H23NO2. The summed E-state index contributed by atoms with van der Waals surface area (Å²) in [6.45, 7) is 8.61. The second kappa shape index (κ2) is 8.76. The molecule has 17 heavy (non-hydrogen) atoms. The van der Waals surface area contributed by atoms with Crippen molar-refractivity contribution in [1.29, 1.82) is 0 Å². The minimum absolute atomic E-state index is 0.112. The van der Waals surface area contributed by atoms with Gasteiger partial charge in [-0.1, -0.05) is 58.0 Å². The van der Waals surface area contributed by atoms with Crippen molar-refractivity contribution in [2.24, 2.45) is 0 Å². The molecule has 0 heterocycles. The predicted octanol–water partition coefficient (Wildman–Crippen LogP) is 2.71. The van der Waals surface area contributed by atoms with Gasteiger partial charge in [0.2, 0.25) is 0 Å². The average molecular weight is 237 g/mol. The van der Waals surface area contributed by atoms with Crippen LogP contribution in [0.4, 0.5) is 0 Å². The molecule has 0 bridgehead atoms. The lowest BCUT2D eigenvalue weighted by atomic mass is 10.2. The van der Waals surface area contributed by atoms with Crippen LogP contribution in [0.3, 0.4) is 0 Å². The maximum Gasteiger partial charge on any atom is 0.307 e. The minimum atomic E-state index is -0.786. The van der Waals surface area contributed by atoms with Crippen molar-refractivity contribution in [3.05, 3.63) is 35.9 Å². The van der Waals surface area contributed by atoms with Gasteiger partial charge in [0.25, 0.3) is 0 Å². The lowest BCUT2D eigenvalue weighted by molar-refractivity contribution is -0.136. The Morgan fingerprint density at radius 2 is 1.59 bits per heavy atom. The summed E-state index contributed by atoms with van der Waals surface area (Å²) in [4.78, 5) is 10.2. The molecule has 0 aromatic heterocycles. The zero-order valence-corrected chi connectivity index (χ0v) is 11.1. The highest BCUT2D eigenvalue weighted by atomic mass is 16.4. The lowest BCUT2D eigenvalue weighted by Gasteiger charge is -2.10. The molecule has 3 nitrogen and oxygen atoms in total. The van der Waals surface area contributed by atoms with Crippen molar-refractivity contribution in [3.8, 4) is 0 Å². The van der Waals surface area contributed by atoms with Crippen LogP contribution in [0.15, 0.2) is 30.3 Å². The molecule has 0 saturated carbocycles. The Morgan fingerprint density at radius 1 is 1.12 bits per heavy atom. The third kappa shape index (κ3) is 10.9. The second-order valence-electron chi connectivity index (χ2n) is 4.53. The van der Waals surface area contributed by atoms with Crippen molar-refractivity contribution >= 4 is 5.97 Å². The Morgan fingerprint density at radius 3 is 1.88 bits per heavy atom. The van der Waals surface area contributed by atoms with E-state index in [9.17, 15) is 4.79 Å². The SMILES string of the molecule is CC(C)NC(C)C.O=C(O)Cc1ccccc1. The molecule has 0 aliphatic rings. The molecule has 2 N–H and O–H groups in total. The highest BCUT2D eigenvalue weighted by molar-refractivity contribution is 5.70. The van der Waals surface area contributed by atoms with Crippen LogP contribution < -0.4 is 5.32 Å². The topological polar surface area (TPSA) is 49.3 Å². The van der Waals surface area contributed by atoms with Gasteiger partial charge in [-0.2, -0.15) is 0 Å². The van der Waals surface area contributed by atoms with Gasteiger partial charge in [-0.3, -0.25) is 4.79 Å². The van der Waals surface area contributed by atoms with E-state index in [2.05, 4.69) is 33.0 Å². The highest BCUT2D eigenvalue weighted by Gasteiger charge is 1.96. The molecule has 1 aromatic rings. The third-order valence-corrected chi connectivity index (χ3v) is 1.86. The quantitative estimate of drug-likeness (QED) is 0.846. The van der Waals surface area contributed by atoms with Crippen LogP contribution in [-0.2, 0) is 11.2 Å². The smallest absolute Gasteiger partial charge is 0.307 e. The van der Waals surface area contributed by atoms with Gasteiger partial charge in [0.15, 0.2) is 0 Å². The number of carboxylic acid groups (broad SMARTS) is 1. The van der Waals surface area contributed by atoms with Crippen molar-refractivity contribution in [1.82, 2.24) is 5.32 Å². The maximum absolute atomic E-state index is 10.2.